The fourth-order valence-corrected chi connectivity index (χ4v) is 5.90. The molecular formula is C26H26ClN3O4S. The molecule has 0 N–H and O–H groups in total. The molecular weight excluding hydrogens is 486 g/mol. The molecule has 0 bridgehead atoms. The quantitative estimate of drug-likeness (QED) is 0.324. The summed E-state index contributed by atoms with van der Waals surface area (Å²) in [5.74, 6) is 0.770. The normalized spacial score (nSPS) is 12.7. The van der Waals surface area contributed by atoms with Crippen molar-refractivity contribution in [3.63, 3.8) is 0 Å². The molecule has 0 spiro atoms. The summed E-state index contributed by atoms with van der Waals surface area (Å²) in [5.41, 5.74) is 0.675. The lowest BCUT2D eigenvalue weighted by atomic mass is 10.2. The third kappa shape index (κ3) is 4.69. The van der Waals surface area contributed by atoms with Gasteiger partial charge in [0.15, 0.2) is 0 Å². The molecule has 0 saturated heterocycles. The van der Waals surface area contributed by atoms with Gasteiger partial charge < -0.3 is 4.74 Å². The van der Waals surface area contributed by atoms with Crippen LogP contribution in [-0.4, -0.2) is 35.9 Å². The molecule has 0 saturated carbocycles. The first-order valence-corrected chi connectivity index (χ1v) is 13.0. The number of ether oxygens (including phenoxy) is 1. The van der Waals surface area contributed by atoms with Crippen LogP contribution in [0.4, 0.5) is 0 Å². The van der Waals surface area contributed by atoms with Crippen molar-refractivity contribution in [3.8, 4) is 11.4 Å². The first-order chi connectivity index (χ1) is 16.8. The van der Waals surface area contributed by atoms with E-state index in [2.05, 4.69) is 0 Å². The molecule has 4 rings (SSSR count). The third-order valence-electron chi connectivity index (χ3n) is 5.80. The van der Waals surface area contributed by atoms with Crippen molar-refractivity contribution in [2.45, 2.75) is 31.2 Å². The predicted molar refractivity (Wildman–Crippen MR) is 138 cm³/mol. The van der Waals surface area contributed by atoms with E-state index in [4.69, 9.17) is 21.3 Å². The van der Waals surface area contributed by atoms with Gasteiger partial charge in [0.2, 0.25) is 10.0 Å². The minimum Gasteiger partial charge on any atom is -0.495 e. The number of rotatable bonds is 8. The molecule has 1 atom stereocenters. The lowest BCUT2D eigenvalue weighted by Gasteiger charge is -2.29. The van der Waals surface area contributed by atoms with Crippen molar-refractivity contribution in [3.05, 3.63) is 94.0 Å². The average molecular weight is 512 g/mol. The SMILES string of the molecule is CCCN(C(C)c1nc2ccccc2c(=O)n1-c1ccccc1OC)S(=O)(=O)c1ccc(Cl)cc1. The summed E-state index contributed by atoms with van der Waals surface area (Å²) < 4.78 is 35.8. The van der Waals surface area contributed by atoms with E-state index in [9.17, 15) is 13.2 Å². The zero-order chi connectivity index (χ0) is 25.2. The Morgan fingerprint density at radius 2 is 1.69 bits per heavy atom. The van der Waals surface area contributed by atoms with Crippen LogP contribution in [0.2, 0.25) is 5.02 Å². The maximum atomic E-state index is 13.7. The summed E-state index contributed by atoms with van der Waals surface area (Å²) in [7, 11) is -2.40. The highest BCUT2D eigenvalue weighted by Crippen LogP contribution is 2.31. The smallest absolute Gasteiger partial charge is 0.266 e. The van der Waals surface area contributed by atoms with Crippen LogP contribution in [0.25, 0.3) is 16.6 Å². The van der Waals surface area contributed by atoms with Crippen molar-refractivity contribution in [2.24, 2.45) is 0 Å². The van der Waals surface area contributed by atoms with E-state index in [1.807, 2.05) is 6.92 Å². The van der Waals surface area contributed by atoms with Gasteiger partial charge in [0, 0.05) is 11.6 Å². The van der Waals surface area contributed by atoms with Crippen molar-refractivity contribution in [1.29, 1.82) is 0 Å². The lowest BCUT2D eigenvalue weighted by molar-refractivity contribution is 0.326. The van der Waals surface area contributed by atoms with E-state index in [1.165, 1.54) is 28.1 Å². The van der Waals surface area contributed by atoms with Gasteiger partial charge in [0.25, 0.3) is 5.56 Å². The van der Waals surface area contributed by atoms with Crippen molar-refractivity contribution in [2.75, 3.05) is 13.7 Å². The summed E-state index contributed by atoms with van der Waals surface area (Å²) in [4.78, 5) is 18.7. The molecule has 35 heavy (non-hydrogen) atoms. The van der Waals surface area contributed by atoms with Crippen LogP contribution in [0.1, 0.15) is 32.1 Å². The monoisotopic (exact) mass is 511 g/mol. The first kappa shape index (κ1) is 24.9. The van der Waals surface area contributed by atoms with Crippen LogP contribution in [-0.2, 0) is 10.0 Å². The Hall–Kier alpha value is -3.20. The molecule has 0 aliphatic carbocycles. The summed E-state index contributed by atoms with van der Waals surface area (Å²) >= 11 is 5.98. The van der Waals surface area contributed by atoms with Crippen molar-refractivity contribution >= 4 is 32.5 Å². The van der Waals surface area contributed by atoms with Crippen LogP contribution < -0.4 is 10.3 Å². The second-order valence-corrected chi connectivity index (χ2v) is 10.4. The Balaban J connectivity index is 1.98. The summed E-state index contributed by atoms with van der Waals surface area (Å²) in [6.45, 7) is 3.88. The number of sulfonamides is 1. The number of para-hydroxylation sites is 3. The molecule has 0 aliphatic rings. The third-order valence-corrected chi connectivity index (χ3v) is 8.03. The average Bonchev–Trinajstić information content (AvgIpc) is 2.87. The Morgan fingerprint density at radius 1 is 1.03 bits per heavy atom. The highest BCUT2D eigenvalue weighted by Gasteiger charge is 2.33. The lowest BCUT2D eigenvalue weighted by Crippen LogP contribution is -2.38. The molecule has 1 unspecified atom stereocenters. The van der Waals surface area contributed by atoms with E-state index in [1.54, 1.807) is 67.6 Å². The van der Waals surface area contributed by atoms with Crippen LogP contribution in [0.15, 0.2) is 82.5 Å². The zero-order valence-electron chi connectivity index (χ0n) is 19.7. The van der Waals surface area contributed by atoms with Crippen LogP contribution >= 0.6 is 11.6 Å². The Labute approximate surface area is 209 Å². The standard InChI is InChI=1S/C26H26ClN3O4S/c1-4-17-29(35(32,33)20-15-13-19(27)14-16-20)18(2)25-28-22-10-6-5-9-21(22)26(31)30(25)23-11-7-8-12-24(23)34-3/h5-16,18H,4,17H2,1-3H3. The molecule has 0 aliphatic heterocycles. The van der Waals surface area contributed by atoms with Crippen LogP contribution in [0.3, 0.4) is 0 Å². The van der Waals surface area contributed by atoms with Gasteiger partial charge in [-0.15, -0.1) is 0 Å². The Morgan fingerprint density at radius 3 is 2.37 bits per heavy atom. The van der Waals surface area contributed by atoms with Gasteiger partial charge in [0.1, 0.15) is 11.6 Å². The molecule has 4 aromatic rings. The summed E-state index contributed by atoms with van der Waals surface area (Å²) in [6.07, 6.45) is 0.573. The van der Waals surface area contributed by atoms with Gasteiger partial charge in [-0.2, -0.15) is 4.31 Å². The number of nitrogens with zero attached hydrogens (tertiary/aromatic N) is 3. The van der Waals surface area contributed by atoms with Gasteiger partial charge in [-0.05, 0) is 61.9 Å². The summed E-state index contributed by atoms with van der Waals surface area (Å²) in [6, 6.07) is 19.4. The minimum absolute atomic E-state index is 0.120. The molecule has 0 fully saturated rings. The second kappa shape index (κ2) is 10.2. The van der Waals surface area contributed by atoms with Gasteiger partial charge in [0.05, 0.1) is 34.6 Å². The zero-order valence-corrected chi connectivity index (χ0v) is 21.3. The Kier molecular flexibility index (Phi) is 7.25. The highest BCUT2D eigenvalue weighted by atomic mass is 35.5. The topological polar surface area (TPSA) is 81.5 Å². The van der Waals surface area contributed by atoms with E-state index < -0.39 is 16.1 Å². The van der Waals surface area contributed by atoms with Gasteiger partial charge >= 0.3 is 0 Å². The number of hydrogen-bond acceptors (Lipinski definition) is 5. The second-order valence-electron chi connectivity index (χ2n) is 8.05. The fourth-order valence-electron chi connectivity index (χ4n) is 4.09. The molecule has 9 heteroatoms. The summed E-state index contributed by atoms with van der Waals surface area (Å²) in [5, 5.41) is 0.872. The van der Waals surface area contributed by atoms with Crippen LogP contribution in [0.5, 0.6) is 5.75 Å². The van der Waals surface area contributed by atoms with Gasteiger partial charge in [-0.3, -0.25) is 9.36 Å². The molecule has 7 nitrogen and oxygen atoms in total. The number of hydrogen-bond donors (Lipinski definition) is 0. The molecule has 182 valence electrons. The highest BCUT2D eigenvalue weighted by molar-refractivity contribution is 7.89. The van der Waals surface area contributed by atoms with E-state index in [0.29, 0.717) is 39.6 Å². The fraction of sp³-hybridized carbons (Fsp3) is 0.231. The number of methoxy groups -OCH3 is 1. The minimum atomic E-state index is -3.92. The maximum absolute atomic E-state index is 13.7. The maximum Gasteiger partial charge on any atom is 0.266 e. The largest absolute Gasteiger partial charge is 0.495 e. The van der Waals surface area contributed by atoms with E-state index >= 15 is 0 Å². The molecule has 0 radical (unpaired) electrons. The number of benzene rings is 3. The van der Waals surface area contributed by atoms with Crippen molar-refractivity contribution in [1.82, 2.24) is 13.9 Å². The van der Waals surface area contributed by atoms with E-state index in [-0.39, 0.29) is 17.0 Å². The number of fused-ring (bicyclic) bond motifs is 1. The molecule has 3 aromatic carbocycles. The van der Waals surface area contributed by atoms with Crippen LogP contribution in [0, 0.1) is 0 Å². The van der Waals surface area contributed by atoms with Gasteiger partial charge in [-0.25, -0.2) is 13.4 Å². The first-order valence-electron chi connectivity index (χ1n) is 11.2. The number of aromatic nitrogens is 2. The Bertz CT molecular complexity index is 1520. The molecule has 1 heterocycles. The molecule has 1 aromatic heterocycles. The number of halogens is 1. The van der Waals surface area contributed by atoms with Crippen molar-refractivity contribution < 1.29 is 13.2 Å². The van der Waals surface area contributed by atoms with E-state index in [0.717, 1.165) is 0 Å². The predicted octanol–water partition coefficient (Wildman–Crippen LogP) is 5.21. The molecule has 0 amide bonds. The van der Waals surface area contributed by atoms with Gasteiger partial charge in [-0.1, -0.05) is 42.8 Å².